The maximum atomic E-state index is 12.4. The number of amides is 1. The van der Waals surface area contributed by atoms with Gasteiger partial charge in [-0.15, -0.1) is 12.4 Å². The van der Waals surface area contributed by atoms with Gasteiger partial charge >= 0.3 is 0 Å². The summed E-state index contributed by atoms with van der Waals surface area (Å²) in [4.78, 5) is 12.4. The summed E-state index contributed by atoms with van der Waals surface area (Å²) < 4.78 is 11.0. The highest BCUT2D eigenvalue weighted by Crippen LogP contribution is 2.21. The minimum Gasteiger partial charge on any atom is -0.488 e. The average Bonchev–Trinajstić information content (AvgIpc) is 2.82. The quantitative estimate of drug-likeness (QED) is 0.834. The Labute approximate surface area is 147 Å². The lowest BCUT2D eigenvalue weighted by Crippen LogP contribution is -2.48. The van der Waals surface area contributed by atoms with Crippen molar-refractivity contribution in [3.05, 3.63) is 46.8 Å². The summed E-state index contributed by atoms with van der Waals surface area (Å²) in [7, 11) is 0. The summed E-state index contributed by atoms with van der Waals surface area (Å²) in [5, 5.41) is 10.1. The molecule has 1 aromatic heterocycles. The first-order valence-electron chi connectivity index (χ1n) is 7.77. The number of benzene rings is 1. The van der Waals surface area contributed by atoms with E-state index in [4.69, 9.17) is 9.26 Å². The minimum absolute atomic E-state index is 0. The second-order valence-electron chi connectivity index (χ2n) is 5.82. The van der Waals surface area contributed by atoms with Gasteiger partial charge in [-0.05, 0) is 26.0 Å². The Morgan fingerprint density at radius 1 is 1.38 bits per heavy atom. The average molecular weight is 352 g/mol. The molecule has 0 radical (unpaired) electrons. The van der Waals surface area contributed by atoms with E-state index in [-0.39, 0.29) is 18.3 Å². The van der Waals surface area contributed by atoms with Crippen LogP contribution in [-0.2, 0) is 6.61 Å². The molecule has 1 saturated heterocycles. The molecule has 0 unspecified atom stereocenters. The van der Waals surface area contributed by atoms with Crippen molar-refractivity contribution in [2.45, 2.75) is 20.5 Å². The molecule has 0 spiro atoms. The molecule has 130 valence electrons. The van der Waals surface area contributed by atoms with Crippen molar-refractivity contribution in [3.63, 3.8) is 0 Å². The summed E-state index contributed by atoms with van der Waals surface area (Å²) in [6, 6.07) is 7.27. The number of carbonyl (C=O) groups is 1. The number of para-hydroxylation sites is 1. The van der Waals surface area contributed by atoms with Crippen molar-refractivity contribution in [3.8, 4) is 5.75 Å². The Bertz CT molecular complexity index is 679. The molecule has 1 amide bonds. The predicted molar refractivity (Wildman–Crippen MR) is 92.7 cm³/mol. The Hall–Kier alpha value is -2.05. The monoisotopic (exact) mass is 351 g/mol. The van der Waals surface area contributed by atoms with Crippen LogP contribution in [0.4, 0.5) is 0 Å². The van der Waals surface area contributed by atoms with Crippen molar-refractivity contribution >= 4 is 18.3 Å². The Morgan fingerprint density at radius 3 is 2.75 bits per heavy atom. The molecule has 1 aromatic carbocycles. The van der Waals surface area contributed by atoms with E-state index in [0.717, 1.165) is 30.1 Å². The van der Waals surface area contributed by atoms with Crippen LogP contribution in [0.15, 0.2) is 28.8 Å². The number of nitrogens with one attached hydrogen (secondary N) is 2. The van der Waals surface area contributed by atoms with Crippen LogP contribution < -0.4 is 15.4 Å². The number of aryl methyl sites for hydroxylation is 2. The van der Waals surface area contributed by atoms with Gasteiger partial charge in [-0.25, -0.2) is 0 Å². The Balaban J connectivity index is 0.00000208. The highest BCUT2D eigenvalue weighted by molar-refractivity contribution is 5.96. The van der Waals surface area contributed by atoms with Gasteiger partial charge in [-0.3, -0.25) is 4.79 Å². The molecule has 3 rings (SSSR count). The molecular weight excluding hydrogens is 330 g/mol. The first-order valence-corrected chi connectivity index (χ1v) is 7.77. The number of hydrogen-bond acceptors (Lipinski definition) is 5. The van der Waals surface area contributed by atoms with Gasteiger partial charge in [-0.1, -0.05) is 17.3 Å². The molecule has 0 saturated carbocycles. The first-order chi connectivity index (χ1) is 11.1. The third-order valence-corrected chi connectivity index (χ3v) is 4.10. The van der Waals surface area contributed by atoms with Crippen LogP contribution in [0.5, 0.6) is 5.75 Å². The number of hydrogen-bond donors (Lipinski definition) is 2. The summed E-state index contributed by atoms with van der Waals surface area (Å²) in [6.07, 6.45) is 0. The number of rotatable bonds is 6. The molecule has 6 nitrogen and oxygen atoms in total. The van der Waals surface area contributed by atoms with Gasteiger partial charge < -0.3 is 19.9 Å². The van der Waals surface area contributed by atoms with E-state index in [1.165, 1.54) is 0 Å². The second kappa shape index (κ2) is 8.17. The number of ether oxygens (including phenoxy) is 1. The SMILES string of the molecule is Cc1noc(C)c1COc1ccccc1C(=O)NCC1CNC1.Cl. The first kappa shape index (κ1) is 18.3. The molecule has 0 bridgehead atoms. The van der Waals surface area contributed by atoms with Crippen LogP contribution in [0.25, 0.3) is 0 Å². The van der Waals surface area contributed by atoms with E-state index in [1.54, 1.807) is 12.1 Å². The molecule has 1 fully saturated rings. The molecule has 24 heavy (non-hydrogen) atoms. The zero-order valence-electron chi connectivity index (χ0n) is 13.8. The van der Waals surface area contributed by atoms with Gasteiger partial charge in [0.05, 0.1) is 16.8 Å². The van der Waals surface area contributed by atoms with Crippen molar-refractivity contribution < 1.29 is 14.1 Å². The molecular formula is C17H22ClN3O3. The van der Waals surface area contributed by atoms with E-state index in [9.17, 15) is 4.79 Å². The predicted octanol–water partition coefficient (Wildman–Crippen LogP) is 2.24. The van der Waals surface area contributed by atoms with Crippen molar-refractivity contribution in [2.75, 3.05) is 19.6 Å². The summed E-state index contributed by atoms with van der Waals surface area (Å²) in [5.74, 6) is 1.72. The minimum atomic E-state index is -0.105. The summed E-state index contributed by atoms with van der Waals surface area (Å²) in [5.41, 5.74) is 2.27. The number of aromatic nitrogens is 1. The van der Waals surface area contributed by atoms with E-state index in [2.05, 4.69) is 15.8 Å². The number of halogens is 1. The molecule has 2 aromatic rings. The zero-order chi connectivity index (χ0) is 16.2. The Morgan fingerprint density at radius 2 is 2.12 bits per heavy atom. The zero-order valence-corrected chi connectivity index (χ0v) is 14.6. The van der Waals surface area contributed by atoms with Crippen molar-refractivity contribution in [1.82, 2.24) is 15.8 Å². The molecule has 0 aliphatic carbocycles. The lowest BCUT2D eigenvalue weighted by molar-refractivity contribution is 0.0937. The fourth-order valence-electron chi connectivity index (χ4n) is 2.46. The van der Waals surface area contributed by atoms with Gasteiger partial charge in [0.1, 0.15) is 18.1 Å². The molecule has 2 heterocycles. The second-order valence-corrected chi connectivity index (χ2v) is 5.82. The third-order valence-electron chi connectivity index (χ3n) is 4.10. The summed E-state index contributed by atoms with van der Waals surface area (Å²) in [6.45, 7) is 6.67. The maximum absolute atomic E-state index is 12.4. The van der Waals surface area contributed by atoms with Gasteiger partial charge in [0.25, 0.3) is 5.91 Å². The Kier molecular flexibility index (Phi) is 6.23. The molecule has 1 aliphatic heterocycles. The highest BCUT2D eigenvalue weighted by atomic mass is 35.5. The van der Waals surface area contributed by atoms with Gasteiger partial charge in [0.2, 0.25) is 0 Å². The van der Waals surface area contributed by atoms with Gasteiger partial charge in [0.15, 0.2) is 0 Å². The standard InChI is InChI=1S/C17H21N3O3.ClH/c1-11-15(12(2)23-20-11)10-22-16-6-4-3-5-14(16)17(21)19-9-13-7-18-8-13;/h3-6,13,18H,7-10H2,1-2H3,(H,19,21);1H. The van der Waals surface area contributed by atoms with Crippen LogP contribution in [0, 0.1) is 19.8 Å². The fraction of sp³-hybridized carbons (Fsp3) is 0.412. The third kappa shape index (κ3) is 4.07. The van der Waals surface area contributed by atoms with Crippen LogP contribution in [-0.4, -0.2) is 30.7 Å². The van der Waals surface area contributed by atoms with Crippen molar-refractivity contribution in [2.24, 2.45) is 5.92 Å². The van der Waals surface area contributed by atoms with E-state index in [0.29, 0.717) is 30.4 Å². The van der Waals surface area contributed by atoms with E-state index >= 15 is 0 Å². The smallest absolute Gasteiger partial charge is 0.255 e. The topological polar surface area (TPSA) is 76.4 Å². The molecule has 1 aliphatic rings. The van der Waals surface area contributed by atoms with Crippen LogP contribution in [0.1, 0.15) is 27.4 Å². The van der Waals surface area contributed by atoms with Gasteiger partial charge in [0, 0.05) is 25.6 Å². The van der Waals surface area contributed by atoms with Crippen LogP contribution in [0.3, 0.4) is 0 Å². The lowest BCUT2D eigenvalue weighted by Gasteiger charge is -2.27. The molecule has 7 heteroatoms. The lowest BCUT2D eigenvalue weighted by atomic mass is 10.0. The maximum Gasteiger partial charge on any atom is 0.255 e. The number of nitrogens with zero attached hydrogens (tertiary/aromatic N) is 1. The van der Waals surface area contributed by atoms with Crippen molar-refractivity contribution in [1.29, 1.82) is 0 Å². The number of carbonyl (C=O) groups excluding carboxylic acids is 1. The summed E-state index contributed by atoms with van der Waals surface area (Å²) >= 11 is 0. The largest absolute Gasteiger partial charge is 0.488 e. The fourth-order valence-corrected chi connectivity index (χ4v) is 2.46. The molecule has 2 N–H and O–H groups in total. The van der Waals surface area contributed by atoms with Crippen LogP contribution >= 0.6 is 12.4 Å². The van der Waals surface area contributed by atoms with Gasteiger partial charge in [-0.2, -0.15) is 0 Å². The van der Waals surface area contributed by atoms with Crippen LogP contribution in [0.2, 0.25) is 0 Å². The van der Waals surface area contributed by atoms with E-state index < -0.39 is 0 Å². The van der Waals surface area contributed by atoms with E-state index in [1.807, 2.05) is 26.0 Å². The molecule has 0 atom stereocenters. The normalized spacial score (nSPS) is 13.8. The highest BCUT2D eigenvalue weighted by Gasteiger charge is 2.19.